The Balaban J connectivity index is 2.37. The Morgan fingerprint density at radius 1 is 1.21 bits per heavy atom. The Morgan fingerprint density at radius 3 is 2.42 bits per heavy atom. The fourth-order valence-electron chi connectivity index (χ4n) is 2.42. The van der Waals surface area contributed by atoms with Gasteiger partial charge in [0.25, 0.3) is 5.70 Å². The molecule has 0 aromatic rings. The average Bonchev–Trinajstić information content (AvgIpc) is 2.38. The number of allylic oxidation sites excluding steroid dienone is 4. The van der Waals surface area contributed by atoms with Gasteiger partial charge in [-0.05, 0) is 18.9 Å². The molecule has 2 aliphatic rings. The number of carbonyl (C=O) groups excluding carboxylic acids is 3. The Morgan fingerprint density at radius 2 is 1.84 bits per heavy atom. The molecule has 6 heteroatoms. The maximum atomic E-state index is 12.2. The van der Waals surface area contributed by atoms with Crippen LogP contribution in [0.25, 0.3) is 0 Å². The maximum Gasteiger partial charge on any atom is 0.257 e. The van der Waals surface area contributed by atoms with E-state index in [1.165, 1.54) is 6.08 Å². The van der Waals surface area contributed by atoms with Gasteiger partial charge in [0, 0.05) is 19.3 Å². The number of hydrogen-bond acceptors (Lipinski definition) is 5. The quantitative estimate of drug-likeness (QED) is 0.435. The molecular weight excluding hydrogens is 250 g/mol. The highest BCUT2D eigenvalue weighted by Gasteiger charge is 2.39. The number of Topliss-reactive ketones (excluding diaryl/α,β-unsaturated/α-hetero) is 3. The molecule has 2 rings (SSSR count). The lowest BCUT2D eigenvalue weighted by Gasteiger charge is -2.19. The summed E-state index contributed by atoms with van der Waals surface area (Å²) in [5.41, 5.74) is -0.288. The zero-order valence-corrected chi connectivity index (χ0v) is 10.3. The molecule has 1 saturated carbocycles. The van der Waals surface area contributed by atoms with Gasteiger partial charge in [0.2, 0.25) is 0 Å². The molecule has 0 aromatic heterocycles. The van der Waals surface area contributed by atoms with E-state index >= 15 is 0 Å². The van der Waals surface area contributed by atoms with Gasteiger partial charge in [-0.25, -0.2) is 0 Å². The zero-order valence-electron chi connectivity index (χ0n) is 10.3. The Bertz CT molecular complexity index is 513. The van der Waals surface area contributed by atoms with Gasteiger partial charge in [0.1, 0.15) is 5.92 Å². The number of carbonyl (C=O) groups is 3. The van der Waals surface area contributed by atoms with Crippen molar-refractivity contribution in [2.75, 3.05) is 0 Å². The molecule has 0 saturated heterocycles. The Hall–Kier alpha value is -2.11. The summed E-state index contributed by atoms with van der Waals surface area (Å²) in [6.45, 7) is 0. The van der Waals surface area contributed by atoms with Gasteiger partial charge in [0.05, 0.1) is 10.5 Å². The molecule has 100 valence electrons. The van der Waals surface area contributed by atoms with Crippen LogP contribution in [0.5, 0.6) is 0 Å². The van der Waals surface area contributed by atoms with E-state index in [1.54, 1.807) is 6.08 Å². The van der Waals surface area contributed by atoms with E-state index in [2.05, 4.69) is 0 Å². The van der Waals surface area contributed by atoms with Gasteiger partial charge >= 0.3 is 0 Å². The summed E-state index contributed by atoms with van der Waals surface area (Å²) in [6.07, 6.45) is 4.48. The predicted molar refractivity (Wildman–Crippen MR) is 64.8 cm³/mol. The summed E-state index contributed by atoms with van der Waals surface area (Å²) >= 11 is 0. The highest BCUT2D eigenvalue weighted by atomic mass is 16.6. The highest BCUT2D eigenvalue weighted by Crippen LogP contribution is 2.26. The summed E-state index contributed by atoms with van der Waals surface area (Å²) in [7, 11) is 0. The standard InChI is InChI=1S/C13H13NO5/c15-10-6-3-7-11(16)12(10)13(17)8-4-1-2-5-9(8)14(18)19/h1,4,12H,2-3,5-7H2. The fraction of sp³-hybridized carbons (Fsp3) is 0.462. The molecule has 0 aromatic carbocycles. The largest absolute Gasteiger partial charge is 0.298 e. The van der Waals surface area contributed by atoms with Crippen LogP contribution in [0.1, 0.15) is 32.1 Å². The van der Waals surface area contributed by atoms with Crippen LogP contribution in [-0.2, 0) is 14.4 Å². The number of hydrogen-bond donors (Lipinski definition) is 0. The summed E-state index contributed by atoms with van der Waals surface area (Å²) in [5, 5.41) is 10.9. The number of nitro groups is 1. The summed E-state index contributed by atoms with van der Waals surface area (Å²) in [5.74, 6) is -2.88. The van der Waals surface area contributed by atoms with Crippen LogP contribution >= 0.6 is 0 Å². The minimum Gasteiger partial charge on any atom is -0.298 e. The van der Waals surface area contributed by atoms with Crippen molar-refractivity contribution >= 4 is 17.3 Å². The van der Waals surface area contributed by atoms with Gasteiger partial charge in [-0.1, -0.05) is 6.08 Å². The third-order valence-electron chi connectivity index (χ3n) is 3.38. The molecule has 19 heavy (non-hydrogen) atoms. The summed E-state index contributed by atoms with van der Waals surface area (Å²) < 4.78 is 0. The smallest absolute Gasteiger partial charge is 0.257 e. The number of ketones is 3. The van der Waals surface area contributed by atoms with Crippen LogP contribution in [0.3, 0.4) is 0 Å². The van der Waals surface area contributed by atoms with Crippen LogP contribution in [0.15, 0.2) is 23.4 Å². The van der Waals surface area contributed by atoms with Crippen molar-refractivity contribution < 1.29 is 19.3 Å². The predicted octanol–water partition coefficient (Wildman–Crippen LogP) is 1.37. The molecule has 0 aliphatic heterocycles. The minimum atomic E-state index is -1.33. The second kappa shape index (κ2) is 5.26. The lowest BCUT2D eigenvalue weighted by molar-refractivity contribution is -0.428. The van der Waals surface area contributed by atoms with E-state index in [1.807, 2.05) is 0 Å². The Labute approximate surface area is 109 Å². The minimum absolute atomic E-state index is 0.0927. The molecule has 0 unspecified atom stereocenters. The van der Waals surface area contributed by atoms with E-state index in [4.69, 9.17) is 0 Å². The molecule has 0 N–H and O–H groups in total. The van der Waals surface area contributed by atoms with E-state index in [0.29, 0.717) is 12.8 Å². The average molecular weight is 263 g/mol. The van der Waals surface area contributed by atoms with E-state index in [-0.39, 0.29) is 30.5 Å². The third kappa shape index (κ3) is 2.52. The normalized spacial score (nSPS) is 20.8. The second-order valence-electron chi connectivity index (χ2n) is 4.64. The Kier molecular flexibility index (Phi) is 3.69. The maximum absolute atomic E-state index is 12.2. The molecule has 0 spiro atoms. The SMILES string of the molecule is O=C1CCCC(=O)C1C(=O)C1=C([N+](=O)[O-])CCC=C1. The first-order chi connectivity index (χ1) is 9.02. The molecule has 0 amide bonds. The van der Waals surface area contributed by atoms with Crippen LogP contribution in [0, 0.1) is 16.0 Å². The van der Waals surface area contributed by atoms with Gasteiger partial charge in [-0.3, -0.25) is 24.5 Å². The third-order valence-corrected chi connectivity index (χ3v) is 3.38. The van der Waals surface area contributed by atoms with Crippen molar-refractivity contribution in [3.63, 3.8) is 0 Å². The van der Waals surface area contributed by atoms with Crippen molar-refractivity contribution in [3.05, 3.63) is 33.5 Å². The first-order valence-corrected chi connectivity index (χ1v) is 6.16. The molecule has 0 atom stereocenters. The van der Waals surface area contributed by atoms with Crippen LogP contribution in [-0.4, -0.2) is 22.3 Å². The topological polar surface area (TPSA) is 94.3 Å². The first kappa shape index (κ1) is 13.3. The lowest BCUT2D eigenvalue weighted by atomic mass is 9.80. The molecule has 2 aliphatic carbocycles. The molecule has 0 bridgehead atoms. The van der Waals surface area contributed by atoms with Gasteiger partial charge in [-0.2, -0.15) is 0 Å². The lowest BCUT2D eigenvalue weighted by Crippen LogP contribution is -2.36. The first-order valence-electron chi connectivity index (χ1n) is 6.16. The van der Waals surface area contributed by atoms with E-state index in [9.17, 15) is 24.5 Å². The van der Waals surface area contributed by atoms with Crippen LogP contribution in [0.2, 0.25) is 0 Å². The van der Waals surface area contributed by atoms with Gasteiger partial charge in [-0.15, -0.1) is 0 Å². The molecule has 6 nitrogen and oxygen atoms in total. The van der Waals surface area contributed by atoms with Crippen molar-refractivity contribution in [1.29, 1.82) is 0 Å². The van der Waals surface area contributed by atoms with Gasteiger partial charge in [0.15, 0.2) is 17.3 Å². The van der Waals surface area contributed by atoms with E-state index < -0.39 is 28.2 Å². The number of rotatable bonds is 3. The zero-order chi connectivity index (χ0) is 14.0. The van der Waals surface area contributed by atoms with Crippen LogP contribution in [0.4, 0.5) is 0 Å². The van der Waals surface area contributed by atoms with E-state index in [0.717, 1.165) is 0 Å². The van der Waals surface area contributed by atoms with Crippen molar-refractivity contribution in [2.24, 2.45) is 5.92 Å². The monoisotopic (exact) mass is 263 g/mol. The molecular formula is C13H13NO5. The summed E-state index contributed by atoms with van der Waals surface area (Å²) in [4.78, 5) is 46.0. The van der Waals surface area contributed by atoms with Crippen molar-refractivity contribution in [3.8, 4) is 0 Å². The van der Waals surface area contributed by atoms with Gasteiger partial charge < -0.3 is 0 Å². The fourth-order valence-corrected chi connectivity index (χ4v) is 2.42. The van der Waals surface area contributed by atoms with Crippen molar-refractivity contribution in [2.45, 2.75) is 32.1 Å². The second-order valence-corrected chi connectivity index (χ2v) is 4.64. The summed E-state index contributed by atoms with van der Waals surface area (Å²) in [6, 6.07) is 0. The highest BCUT2D eigenvalue weighted by molar-refractivity contribution is 6.25. The van der Waals surface area contributed by atoms with Crippen molar-refractivity contribution in [1.82, 2.24) is 0 Å². The molecule has 0 heterocycles. The molecule has 0 radical (unpaired) electrons. The molecule has 1 fully saturated rings. The van der Waals surface area contributed by atoms with Crippen LogP contribution < -0.4 is 0 Å². The number of nitrogens with zero attached hydrogens (tertiary/aromatic N) is 1.